The molecule has 0 radical (unpaired) electrons. The number of carbonyl (C=O) groups excluding carboxylic acids is 2. The standard InChI is InChI=1S/C14H19N3O4/c1-2-3-4-12-11(5-6-20-12)14(19)21-17-13(18)10-7-15-9-16-8-10/h7-9,11-12H,2-6H2,1H3,(H,17,18)/t11-,12?/m1/s1. The first-order chi connectivity index (χ1) is 10.2. The maximum absolute atomic E-state index is 12.0. The zero-order valence-electron chi connectivity index (χ0n) is 11.9. The third-order valence-corrected chi connectivity index (χ3v) is 3.42. The first-order valence-corrected chi connectivity index (χ1v) is 7.10. The molecule has 0 aliphatic carbocycles. The van der Waals surface area contributed by atoms with Crippen molar-refractivity contribution in [3.05, 3.63) is 24.3 Å². The van der Waals surface area contributed by atoms with Crippen LogP contribution in [0.5, 0.6) is 0 Å². The van der Waals surface area contributed by atoms with E-state index in [0.717, 1.165) is 19.3 Å². The van der Waals surface area contributed by atoms with Gasteiger partial charge in [-0.1, -0.05) is 19.8 Å². The molecule has 1 aliphatic rings. The van der Waals surface area contributed by atoms with Crippen molar-refractivity contribution in [3.63, 3.8) is 0 Å². The van der Waals surface area contributed by atoms with E-state index in [1.165, 1.54) is 18.7 Å². The fraction of sp³-hybridized carbons (Fsp3) is 0.571. The summed E-state index contributed by atoms with van der Waals surface area (Å²) in [5.41, 5.74) is 2.36. The lowest BCUT2D eigenvalue weighted by atomic mass is 9.97. The van der Waals surface area contributed by atoms with Crippen LogP contribution in [-0.4, -0.2) is 34.6 Å². The molecule has 1 N–H and O–H groups in total. The van der Waals surface area contributed by atoms with Crippen LogP contribution < -0.4 is 5.48 Å². The van der Waals surface area contributed by atoms with Crippen LogP contribution >= 0.6 is 0 Å². The zero-order chi connectivity index (χ0) is 15.1. The lowest BCUT2D eigenvalue weighted by Gasteiger charge is -2.16. The molecule has 0 saturated carbocycles. The van der Waals surface area contributed by atoms with E-state index in [1.807, 2.05) is 0 Å². The fourth-order valence-corrected chi connectivity index (χ4v) is 2.26. The van der Waals surface area contributed by atoms with Crippen LogP contribution in [0, 0.1) is 5.92 Å². The second kappa shape index (κ2) is 7.68. The summed E-state index contributed by atoms with van der Waals surface area (Å²) in [4.78, 5) is 36.1. The number of nitrogens with one attached hydrogen (secondary N) is 1. The van der Waals surface area contributed by atoms with Crippen molar-refractivity contribution in [3.8, 4) is 0 Å². The lowest BCUT2D eigenvalue weighted by Crippen LogP contribution is -2.33. The second-order valence-electron chi connectivity index (χ2n) is 4.93. The number of amides is 1. The van der Waals surface area contributed by atoms with E-state index in [1.54, 1.807) is 0 Å². The van der Waals surface area contributed by atoms with Crippen molar-refractivity contribution in [1.82, 2.24) is 15.4 Å². The van der Waals surface area contributed by atoms with Crippen molar-refractivity contribution in [2.75, 3.05) is 6.61 Å². The van der Waals surface area contributed by atoms with Crippen LogP contribution in [0.2, 0.25) is 0 Å². The summed E-state index contributed by atoms with van der Waals surface area (Å²) >= 11 is 0. The number of hydroxylamine groups is 1. The summed E-state index contributed by atoms with van der Waals surface area (Å²) < 4.78 is 5.55. The Balaban J connectivity index is 1.82. The Kier molecular flexibility index (Phi) is 5.62. The maximum atomic E-state index is 12.0. The predicted octanol–water partition coefficient (Wildman–Crippen LogP) is 1.26. The maximum Gasteiger partial charge on any atom is 0.337 e. The summed E-state index contributed by atoms with van der Waals surface area (Å²) in [6.45, 7) is 2.64. The fourth-order valence-electron chi connectivity index (χ4n) is 2.26. The average Bonchev–Trinajstić information content (AvgIpc) is 2.99. The summed E-state index contributed by atoms with van der Waals surface area (Å²) in [5, 5.41) is 0. The number of nitrogens with zero attached hydrogens (tertiary/aromatic N) is 2. The molecule has 114 valence electrons. The van der Waals surface area contributed by atoms with Gasteiger partial charge in [0.25, 0.3) is 5.91 Å². The molecule has 1 fully saturated rings. The molecule has 2 heterocycles. The van der Waals surface area contributed by atoms with Crippen LogP contribution in [-0.2, 0) is 14.4 Å². The van der Waals surface area contributed by atoms with E-state index in [2.05, 4.69) is 22.4 Å². The average molecular weight is 293 g/mol. The highest BCUT2D eigenvalue weighted by Gasteiger charge is 2.35. The number of hydrogen-bond acceptors (Lipinski definition) is 6. The Morgan fingerprint density at radius 2 is 2.19 bits per heavy atom. The highest BCUT2D eigenvalue weighted by molar-refractivity contribution is 5.93. The number of aromatic nitrogens is 2. The highest BCUT2D eigenvalue weighted by Crippen LogP contribution is 2.26. The van der Waals surface area contributed by atoms with Gasteiger partial charge in [-0.3, -0.25) is 4.79 Å². The summed E-state index contributed by atoms with van der Waals surface area (Å²) in [5.74, 6) is -1.32. The van der Waals surface area contributed by atoms with Crippen LogP contribution in [0.4, 0.5) is 0 Å². The molecule has 7 nitrogen and oxygen atoms in total. The number of unbranched alkanes of at least 4 members (excludes halogenated alkanes) is 1. The molecule has 0 aromatic carbocycles. The van der Waals surface area contributed by atoms with E-state index in [9.17, 15) is 9.59 Å². The lowest BCUT2D eigenvalue weighted by molar-refractivity contribution is -0.156. The Morgan fingerprint density at radius 3 is 2.90 bits per heavy atom. The SMILES string of the molecule is CCCCC1OCC[C@H]1C(=O)ONC(=O)c1cncnc1. The van der Waals surface area contributed by atoms with Gasteiger partial charge in [0.15, 0.2) is 0 Å². The Morgan fingerprint density at radius 1 is 1.43 bits per heavy atom. The van der Waals surface area contributed by atoms with E-state index in [-0.39, 0.29) is 17.6 Å². The van der Waals surface area contributed by atoms with Gasteiger partial charge in [-0.15, -0.1) is 0 Å². The van der Waals surface area contributed by atoms with Gasteiger partial charge in [-0.2, -0.15) is 5.48 Å². The van der Waals surface area contributed by atoms with Crippen LogP contribution in [0.3, 0.4) is 0 Å². The van der Waals surface area contributed by atoms with Crippen molar-refractivity contribution in [2.24, 2.45) is 5.92 Å². The predicted molar refractivity (Wildman–Crippen MR) is 73.0 cm³/mol. The first kappa shape index (κ1) is 15.4. The monoisotopic (exact) mass is 293 g/mol. The van der Waals surface area contributed by atoms with Crippen molar-refractivity contribution < 1.29 is 19.2 Å². The van der Waals surface area contributed by atoms with Gasteiger partial charge >= 0.3 is 5.97 Å². The molecule has 2 atom stereocenters. The minimum Gasteiger partial charge on any atom is -0.377 e. The third kappa shape index (κ3) is 4.22. The van der Waals surface area contributed by atoms with Gasteiger partial charge in [0.05, 0.1) is 17.6 Å². The highest BCUT2D eigenvalue weighted by atomic mass is 16.7. The smallest absolute Gasteiger partial charge is 0.337 e. The zero-order valence-corrected chi connectivity index (χ0v) is 11.9. The van der Waals surface area contributed by atoms with Gasteiger partial charge in [0.1, 0.15) is 6.33 Å². The summed E-state index contributed by atoms with van der Waals surface area (Å²) in [7, 11) is 0. The molecule has 1 aromatic heterocycles. The van der Waals surface area contributed by atoms with Gasteiger partial charge in [0.2, 0.25) is 0 Å². The van der Waals surface area contributed by atoms with E-state index >= 15 is 0 Å². The summed E-state index contributed by atoms with van der Waals surface area (Å²) in [6, 6.07) is 0. The molecular weight excluding hydrogens is 274 g/mol. The van der Waals surface area contributed by atoms with Crippen LogP contribution in [0.1, 0.15) is 43.0 Å². The molecule has 0 spiro atoms. The normalized spacial score (nSPS) is 21.0. The molecule has 2 rings (SSSR count). The Bertz CT molecular complexity index is 480. The number of hydrogen-bond donors (Lipinski definition) is 1. The van der Waals surface area contributed by atoms with E-state index < -0.39 is 11.9 Å². The number of rotatable bonds is 5. The molecular formula is C14H19N3O4. The largest absolute Gasteiger partial charge is 0.377 e. The Labute approximate surface area is 123 Å². The quantitative estimate of drug-likeness (QED) is 0.822. The van der Waals surface area contributed by atoms with Crippen molar-refractivity contribution >= 4 is 11.9 Å². The van der Waals surface area contributed by atoms with E-state index in [4.69, 9.17) is 9.57 Å². The van der Waals surface area contributed by atoms with Crippen molar-refractivity contribution in [1.29, 1.82) is 0 Å². The minimum atomic E-state index is -0.548. The van der Waals surface area contributed by atoms with Crippen LogP contribution in [0.15, 0.2) is 18.7 Å². The molecule has 21 heavy (non-hydrogen) atoms. The molecule has 1 aliphatic heterocycles. The van der Waals surface area contributed by atoms with Gasteiger partial charge in [0, 0.05) is 19.0 Å². The van der Waals surface area contributed by atoms with Crippen molar-refractivity contribution in [2.45, 2.75) is 38.7 Å². The topological polar surface area (TPSA) is 90.4 Å². The first-order valence-electron chi connectivity index (χ1n) is 7.10. The molecule has 1 aromatic rings. The Hall–Kier alpha value is -2.02. The number of ether oxygens (including phenoxy) is 1. The molecule has 1 unspecified atom stereocenters. The second-order valence-corrected chi connectivity index (χ2v) is 4.93. The molecule has 1 saturated heterocycles. The summed E-state index contributed by atoms with van der Waals surface area (Å²) in [6.07, 6.45) is 7.40. The van der Waals surface area contributed by atoms with Gasteiger partial charge < -0.3 is 9.57 Å². The van der Waals surface area contributed by atoms with Gasteiger partial charge in [-0.05, 0) is 12.8 Å². The molecule has 0 bridgehead atoms. The molecule has 1 amide bonds. The molecule has 7 heteroatoms. The van der Waals surface area contributed by atoms with Crippen LogP contribution in [0.25, 0.3) is 0 Å². The third-order valence-electron chi connectivity index (χ3n) is 3.42. The van der Waals surface area contributed by atoms with E-state index in [0.29, 0.717) is 13.0 Å². The number of carbonyl (C=O) groups is 2. The van der Waals surface area contributed by atoms with Gasteiger partial charge in [-0.25, -0.2) is 14.8 Å². The minimum absolute atomic E-state index is 0.116.